The van der Waals surface area contributed by atoms with Crippen LogP contribution in [0, 0.1) is 0 Å². The van der Waals surface area contributed by atoms with E-state index in [-0.39, 0.29) is 0 Å². The van der Waals surface area contributed by atoms with E-state index in [0.29, 0.717) is 5.71 Å². The second kappa shape index (κ2) is 10.1. The van der Waals surface area contributed by atoms with Crippen molar-refractivity contribution in [2.24, 2.45) is 0 Å². The van der Waals surface area contributed by atoms with Crippen molar-refractivity contribution >= 4 is 49.9 Å². The van der Waals surface area contributed by atoms with Crippen molar-refractivity contribution in [2.45, 2.75) is 0 Å². The summed E-state index contributed by atoms with van der Waals surface area (Å²) in [7, 11) is 0. The Morgan fingerprint density at radius 2 is 1.02 bits per heavy atom. The molecule has 42 heavy (non-hydrogen) atoms. The fourth-order valence-corrected chi connectivity index (χ4v) is 5.83. The van der Waals surface area contributed by atoms with E-state index in [2.05, 4.69) is 144 Å². The third kappa shape index (κ3) is 4.20. The van der Waals surface area contributed by atoms with Crippen molar-refractivity contribution in [3.8, 4) is 22.4 Å². The van der Waals surface area contributed by atoms with Crippen molar-refractivity contribution in [3.63, 3.8) is 0 Å². The smallest absolute Gasteiger partial charge is 0.227 e. The van der Waals surface area contributed by atoms with E-state index in [1.165, 1.54) is 21.9 Å². The molecule has 0 aliphatic rings. The average molecular weight is 539 g/mol. The molecule has 0 unspecified atom stereocenters. The van der Waals surface area contributed by atoms with Crippen molar-refractivity contribution < 1.29 is 4.42 Å². The molecule has 2 heterocycles. The normalized spacial score (nSPS) is 11.3. The molecule has 6 aromatic carbocycles. The Labute approximate surface area is 243 Å². The summed E-state index contributed by atoms with van der Waals surface area (Å²) in [6, 6.07) is 55.1. The molecule has 0 aliphatic carbocycles. The van der Waals surface area contributed by atoms with Gasteiger partial charge in [0.15, 0.2) is 0 Å². The summed E-state index contributed by atoms with van der Waals surface area (Å²) in [5.74, 6) is 0. The quantitative estimate of drug-likeness (QED) is 0.218. The van der Waals surface area contributed by atoms with Gasteiger partial charge in [-0.25, -0.2) is 4.98 Å². The maximum Gasteiger partial charge on any atom is 0.227 e. The summed E-state index contributed by atoms with van der Waals surface area (Å²) in [5.41, 5.74) is 9.13. The highest BCUT2D eigenvalue weighted by molar-refractivity contribution is 6.18. The molecule has 3 heteroatoms. The molecule has 0 saturated carbocycles. The van der Waals surface area contributed by atoms with E-state index in [1.54, 1.807) is 0 Å². The van der Waals surface area contributed by atoms with E-state index >= 15 is 0 Å². The van der Waals surface area contributed by atoms with Crippen molar-refractivity contribution in [1.82, 2.24) is 4.98 Å². The monoisotopic (exact) mass is 538 g/mol. The molecule has 0 N–H and O–H groups in total. The van der Waals surface area contributed by atoms with Gasteiger partial charge in [-0.2, -0.15) is 0 Å². The van der Waals surface area contributed by atoms with Crippen molar-refractivity contribution in [3.05, 3.63) is 158 Å². The number of hydrogen-bond donors (Lipinski definition) is 0. The fourth-order valence-electron chi connectivity index (χ4n) is 5.83. The molecule has 0 aliphatic heterocycles. The van der Waals surface area contributed by atoms with Crippen LogP contribution in [0.1, 0.15) is 0 Å². The van der Waals surface area contributed by atoms with Crippen LogP contribution >= 0.6 is 0 Å². The number of anilines is 3. The van der Waals surface area contributed by atoms with Gasteiger partial charge in [0, 0.05) is 33.4 Å². The molecule has 0 bridgehead atoms. The van der Waals surface area contributed by atoms with Gasteiger partial charge in [-0.15, -0.1) is 0 Å². The maximum absolute atomic E-state index is 6.22. The largest absolute Gasteiger partial charge is 0.438 e. The molecule has 0 atom stereocenters. The second-order valence-corrected chi connectivity index (χ2v) is 10.4. The van der Waals surface area contributed by atoms with Crippen LogP contribution in [-0.4, -0.2) is 4.98 Å². The van der Waals surface area contributed by atoms with Crippen LogP contribution in [0.25, 0.3) is 55.2 Å². The highest BCUT2D eigenvalue weighted by atomic mass is 16.3. The van der Waals surface area contributed by atoms with Gasteiger partial charge < -0.3 is 9.32 Å². The molecule has 8 aromatic rings. The molecule has 2 aromatic heterocycles. The molecule has 3 nitrogen and oxygen atoms in total. The summed E-state index contributed by atoms with van der Waals surface area (Å²) in [6.45, 7) is 0. The Hall–Kier alpha value is -5.67. The molecule has 0 amide bonds. The predicted molar refractivity (Wildman–Crippen MR) is 175 cm³/mol. The number of hydrogen-bond acceptors (Lipinski definition) is 3. The van der Waals surface area contributed by atoms with E-state index in [9.17, 15) is 0 Å². The third-order valence-corrected chi connectivity index (χ3v) is 7.90. The molecule has 0 radical (unpaired) electrons. The summed E-state index contributed by atoms with van der Waals surface area (Å²) in [6.07, 6.45) is 0. The molecular formula is C39H26N2O. The van der Waals surface area contributed by atoms with Gasteiger partial charge in [-0.3, -0.25) is 0 Å². The lowest BCUT2D eigenvalue weighted by molar-refractivity contribution is 0.655. The summed E-state index contributed by atoms with van der Waals surface area (Å²) in [4.78, 5) is 7.22. The van der Waals surface area contributed by atoms with Gasteiger partial charge in [-0.05, 0) is 76.5 Å². The molecule has 198 valence electrons. The molecular weight excluding hydrogens is 512 g/mol. The van der Waals surface area contributed by atoms with Gasteiger partial charge in [0.05, 0.1) is 5.69 Å². The lowest BCUT2D eigenvalue weighted by atomic mass is 10.0. The Kier molecular flexibility index (Phi) is 5.79. The highest BCUT2D eigenvalue weighted by Gasteiger charge is 2.15. The number of fused-ring (bicyclic) bond motifs is 5. The van der Waals surface area contributed by atoms with Gasteiger partial charge in [0.2, 0.25) is 5.71 Å². The Balaban J connectivity index is 1.16. The third-order valence-electron chi connectivity index (χ3n) is 7.90. The van der Waals surface area contributed by atoms with Gasteiger partial charge in [-0.1, -0.05) is 103 Å². The number of para-hydroxylation sites is 1. The Bertz CT molecular complexity index is 2170. The first-order valence-corrected chi connectivity index (χ1v) is 14.1. The lowest BCUT2D eigenvalue weighted by Gasteiger charge is -2.26. The highest BCUT2D eigenvalue weighted by Crippen LogP contribution is 2.38. The standard InChI is InChI=1S/C39H26N2O/c1-3-9-27(10-4-1)28-15-20-32(21-16-28)41(31-12-5-2-6-13-31)33-22-17-30(18-23-33)36-25-24-35-38-34-14-8-7-11-29(34)19-26-37(38)42-39(35)40-36/h1-26H. The van der Waals surface area contributed by atoms with Crippen LogP contribution in [0.4, 0.5) is 17.1 Å². The van der Waals surface area contributed by atoms with Crippen LogP contribution in [-0.2, 0) is 0 Å². The minimum Gasteiger partial charge on any atom is -0.438 e. The number of pyridine rings is 1. The number of nitrogens with zero attached hydrogens (tertiary/aromatic N) is 2. The summed E-state index contributed by atoms with van der Waals surface area (Å²) >= 11 is 0. The van der Waals surface area contributed by atoms with Crippen LogP contribution < -0.4 is 4.90 Å². The van der Waals surface area contributed by atoms with E-state index in [4.69, 9.17) is 9.40 Å². The van der Waals surface area contributed by atoms with Gasteiger partial charge in [0.25, 0.3) is 0 Å². The Morgan fingerprint density at radius 3 is 1.76 bits per heavy atom. The number of benzene rings is 6. The topological polar surface area (TPSA) is 29.3 Å². The van der Waals surface area contributed by atoms with Crippen LogP contribution in [0.15, 0.2) is 162 Å². The first-order valence-electron chi connectivity index (χ1n) is 14.1. The Morgan fingerprint density at radius 1 is 0.429 bits per heavy atom. The molecule has 8 rings (SSSR count). The van der Waals surface area contributed by atoms with Gasteiger partial charge in [0.1, 0.15) is 5.58 Å². The summed E-state index contributed by atoms with van der Waals surface area (Å²) < 4.78 is 6.22. The average Bonchev–Trinajstić information content (AvgIpc) is 3.45. The maximum atomic E-state index is 6.22. The first-order chi connectivity index (χ1) is 20.8. The minimum absolute atomic E-state index is 0.660. The van der Waals surface area contributed by atoms with Gasteiger partial charge >= 0.3 is 0 Å². The van der Waals surface area contributed by atoms with Crippen LogP contribution in [0.2, 0.25) is 0 Å². The van der Waals surface area contributed by atoms with E-state index in [1.807, 2.05) is 18.2 Å². The second-order valence-electron chi connectivity index (χ2n) is 10.4. The van der Waals surface area contributed by atoms with Crippen molar-refractivity contribution in [2.75, 3.05) is 4.90 Å². The van der Waals surface area contributed by atoms with Crippen LogP contribution in [0.3, 0.4) is 0 Å². The lowest BCUT2D eigenvalue weighted by Crippen LogP contribution is -2.09. The van der Waals surface area contributed by atoms with Crippen molar-refractivity contribution in [1.29, 1.82) is 0 Å². The zero-order valence-corrected chi connectivity index (χ0v) is 22.8. The van der Waals surface area contributed by atoms with E-state index < -0.39 is 0 Å². The fraction of sp³-hybridized carbons (Fsp3) is 0. The number of furan rings is 1. The van der Waals surface area contributed by atoms with Crippen LogP contribution in [0.5, 0.6) is 0 Å². The predicted octanol–water partition coefficient (Wildman–Crippen LogP) is 10.9. The number of aromatic nitrogens is 1. The summed E-state index contributed by atoms with van der Waals surface area (Å²) in [5, 5.41) is 4.54. The molecule has 0 fully saturated rings. The first kappa shape index (κ1) is 24.2. The zero-order valence-electron chi connectivity index (χ0n) is 22.8. The molecule has 0 spiro atoms. The number of rotatable bonds is 5. The minimum atomic E-state index is 0.660. The molecule has 0 saturated heterocycles. The zero-order chi connectivity index (χ0) is 27.9. The SMILES string of the molecule is c1ccc(-c2ccc(N(c3ccccc3)c3ccc(-c4ccc5c(n4)oc4ccc6ccccc6c45)cc3)cc2)cc1. The van der Waals surface area contributed by atoms with E-state index in [0.717, 1.165) is 44.7 Å².